The van der Waals surface area contributed by atoms with Crippen molar-refractivity contribution in [2.24, 2.45) is 5.73 Å². The van der Waals surface area contributed by atoms with Gasteiger partial charge in [0.2, 0.25) is 5.91 Å². The van der Waals surface area contributed by atoms with Crippen molar-refractivity contribution in [2.75, 3.05) is 0 Å². The molecule has 2 aromatic carbocycles. The summed E-state index contributed by atoms with van der Waals surface area (Å²) in [4.78, 5) is 26.9. The van der Waals surface area contributed by atoms with Crippen molar-refractivity contribution in [1.29, 1.82) is 0 Å². The molecule has 0 aliphatic carbocycles. The number of rotatable bonds is 7. The molecule has 6 nitrogen and oxygen atoms in total. The fraction of sp³-hybridized carbons (Fsp3) is 0.150. The number of ether oxygens (including phenoxy) is 1. The van der Waals surface area contributed by atoms with Crippen molar-refractivity contribution in [3.63, 3.8) is 0 Å². The van der Waals surface area contributed by atoms with Gasteiger partial charge in [-0.3, -0.25) is 9.59 Å². The first kappa shape index (κ1) is 18.3. The van der Waals surface area contributed by atoms with Gasteiger partial charge in [-0.15, -0.1) is 0 Å². The minimum Gasteiger partial charge on any atom is -0.461 e. The van der Waals surface area contributed by atoms with Crippen molar-refractivity contribution in [1.82, 2.24) is 4.98 Å². The van der Waals surface area contributed by atoms with Crippen LogP contribution in [0.25, 0.3) is 11.3 Å². The monoisotopic (exact) mass is 368 g/mol. The van der Waals surface area contributed by atoms with Gasteiger partial charge in [0, 0.05) is 12.0 Å². The fourth-order valence-electron chi connectivity index (χ4n) is 2.42. The Morgan fingerprint density at radius 1 is 1.11 bits per heavy atom. The molecule has 27 heavy (non-hydrogen) atoms. The largest absolute Gasteiger partial charge is 0.461 e. The number of oxazole rings is 1. The Kier molecular flexibility index (Phi) is 5.61. The lowest BCUT2D eigenvalue weighted by Crippen LogP contribution is -2.11. The number of carbonyl (C=O) groups is 2. The van der Waals surface area contributed by atoms with E-state index in [0.717, 1.165) is 5.56 Å². The summed E-state index contributed by atoms with van der Waals surface area (Å²) in [6, 6.07) is 12.7. The maximum Gasteiger partial charge on any atom is 0.306 e. The molecule has 3 aromatic rings. The lowest BCUT2D eigenvalue weighted by molar-refractivity contribution is -0.145. The molecule has 0 saturated heterocycles. The van der Waals surface area contributed by atoms with E-state index in [1.807, 2.05) is 0 Å². The van der Waals surface area contributed by atoms with Crippen LogP contribution in [0.5, 0.6) is 0 Å². The van der Waals surface area contributed by atoms with E-state index in [1.165, 1.54) is 12.3 Å². The zero-order valence-corrected chi connectivity index (χ0v) is 14.4. The number of carbonyl (C=O) groups excluding carboxylic acids is 2. The zero-order valence-electron chi connectivity index (χ0n) is 14.4. The topological polar surface area (TPSA) is 95.4 Å². The summed E-state index contributed by atoms with van der Waals surface area (Å²) in [6.45, 7) is 0.0872. The molecule has 0 unspecified atom stereocenters. The second kappa shape index (κ2) is 8.27. The number of nitrogens with two attached hydrogens (primary N) is 1. The van der Waals surface area contributed by atoms with Gasteiger partial charge in [0.25, 0.3) is 0 Å². The van der Waals surface area contributed by atoms with Gasteiger partial charge in [-0.05, 0) is 29.8 Å². The number of aromatic nitrogens is 1. The molecule has 138 valence electrons. The average Bonchev–Trinajstić information content (AvgIpc) is 3.14. The van der Waals surface area contributed by atoms with Crippen molar-refractivity contribution in [3.8, 4) is 11.3 Å². The summed E-state index contributed by atoms with van der Waals surface area (Å²) < 4.78 is 24.4. The first-order valence-corrected chi connectivity index (χ1v) is 8.27. The minimum atomic E-state index is -0.515. The highest BCUT2D eigenvalue weighted by molar-refractivity contribution is 5.92. The SMILES string of the molecule is NC(=O)c1ccc(COC(=O)CCc2ncc(-c3ccccc3F)o2)cc1. The Morgan fingerprint density at radius 2 is 1.85 bits per heavy atom. The van der Waals surface area contributed by atoms with Crippen LogP contribution in [-0.4, -0.2) is 16.9 Å². The van der Waals surface area contributed by atoms with E-state index in [0.29, 0.717) is 22.8 Å². The third-order valence-electron chi connectivity index (χ3n) is 3.87. The van der Waals surface area contributed by atoms with Gasteiger partial charge in [0.1, 0.15) is 12.4 Å². The van der Waals surface area contributed by atoms with Crippen LogP contribution < -0.4 is 5.73 Å². The van der Waals surface area contributed by atoms with Gasteiger partial charge in [-0.2, -0.15) is 0 Å². The van der Waals surface area contributed by atoms with Crippen molar-refractivity contribution in [2.45, 2.75) is 19.4 Å². The summed E-state index contributed by atoms with van der Waals surface area (Å²) in [5, 5.41) is 0. The van der Waals surface area contributed by atoms with Gasteiger partial charge >= 0.3 is 5.97 Å². The molecule has 1 amide bonds. The second-order valence-corrected chi connectivity index (χ2v) is 5.82. The molecular weight excluding hydrogens is 351 g/mol. The summed E-state index contributed by atoms with van der Waals surface area (Å²) in [5.74, 6) is -0.692. The highest BCUT2D eigenvalue weighted by atomic mass is 19.1. The molecule has 0 atom stereocenters. The number of hydrogen-bond acceptors (Lipinski definition) is 5. The Labute approximate surface area is 154 Å². The summed E-state index contributed by atoms with van der Waals surface area (Å²) in [7, 11) is 0. The Hall–Kier alpha value is -3.48. The van der Waals surface area contributed by atoms with Crippen LogP contribution in [0.15, 0.2) is 59.1 Å². The minimum absolute atomic E-state index is 0.0800. The van der Waals surface area contributed by atoms with Gasteiger partial charge in [-0.25, -0.2) is 9.37 Å². The molecule has 0 aliphatic rings. The van der Waals surface area contributed by atoms with E-state index >= 15 is 0 Å². The Morgan fingerprint density at radius 3 is 2.56 bits per heavy atom. The maximum atomic E-state index is 13.7. The first-order chi connectivity index (χ1) is 13.0. The molecule has 2 N–H and O–H groups in total. The molecular formula is C20H17FN2O4. The molecule has 7 heteroatoms. The lowest BCUT2D eigenvalue weighted by Gasteiger charge is -2.05. The van der Waals surface area contributed by atoms with E-state index < -0.39 is 17.7 Å². The molecule has 1 aromatic heterocycles. The van der Waals surface area contributed by atoms with E-state index in [4.69, 9.17) is 14.9 Å². The summed E-state index contributed by atoms with van der Waals surface area (Å²) >= 11 is 0. The fourth-order valence-corrected chi connectivity index (χ4v) is 2.42. The smallest absolute Gasteiger partial charge is 0.306 e. The van der Waals surface area contributed by atoms with Crippen molar-refractivity contribution in [3.05, 3.63) is 77.6 Å². The van der Waals surface area contributed by atoms with Crippen LogP contribution in [0, 0.1) is 5.82 Å². The van der Waals surface area contributed by atoms with Crippen LogP contribution in [0.4, 0.5) is 4.39 Å². The quantitative estimate of drug-likeness (QED) is 0.646. The highest BCUT2D eigenvalue weighted by Gasteiger charge is 2.12. The predicted octanol–water partition coefficient (Wildman–Crippen LogP) is 3.26. The average molecular weight is 368 g/mol. The summed E-state index contributed by atoms with van der Waals surface area (Å²) in [6.07, 6.45) is 1.75. The lowest BCUT2D eigenvalue weighted by atomic mass is 10.1. The van der Waals surface area contributed by atoms with Crippen LogP contribution >= 0.6 is 0 Å². The number of primary amides is 1. The van der Waals surface area contributed by atoms with Gasteiger partial charge in [-0.1, -0.05) is 24.3 Å². The van der Waals surface area contributed by atoms with E-state index in [9.17, 15) is 14.0 Å². The Bertz CT molecular complexity index is 951. The highest BCUT2D eigenvalue weighted by Crippen LogP contribution is 2.23. The van der Waals surface area contributed by atoms with E-state index in [-0.39, 0.29) is 19.4 Å². The molecule has 0 spiro atoms. The molecule has 0 fully saturated rings. The van der Waals surface area contributed by atoms with Crippen LogP contribution in [0.3, 0.4) is 0 Å². The van der Waals surface area contributed by atoms with Gasteiger partial charge in [0.05, 0.1) is 18.2 Å². The van der Waals surface area contributed by atoms with Crippen molar-refractivity contribution >= 4 is 11.9 Å². The predicted molar refractivity (Wildman–Crippen MR) is 95.0 cm³/mol. The number of halogens is 1. The van der Waals surface area contributed by atoms with E-state index in [2.05, 4.69) is 4.98 Å². The second-order valence-electron chi connectivity index (χ2n) is 5.82. The normalized spacial score (nSPS) is 10.6. The van der Waals surface area contributed by atoms with Crippen molar-refractivity contribution < 1.29 is 23.1 Å². The number of amides is 1. The standard InChI is InChI=1S/C20H17FN2O4/c21-16-4-2-1-3-15(16)17-11-23-18(27-17)9-10-19(24)26-12-13-5-7-14(8-6-13)20(22)25/h1-8,11H,9-10,12H2,(H2,22,25). The first-order valence-electron chi connectivity index (χ1n) is 8.27. The number of nitrogens with zero attached hydrogens (tertiary/aromatic N) is 1. The Balaban J connectivity index is 1.49. The van der Waals surface area contributed by atoms with Gasteiger partial charge in [0.15, 0.2) is 11.7 Å². The molecule has 1 heterocycles. The van der Waals surface area contributed by atoms with Crippen LogP contribution in [-0.2, 0) is 22.6 Å². The maximum absolute atomic E-state index is 13.7. The van der Waals surface area contributed by atoms with E-state index in [1.54, 1.807) is 42.5 Å². The summed E-state index contributed by atoms with van der Waals surface area (Å²) in [5.41, 5.74) is 6.62. The third kappa shape index (κ3) is 4.78. The number of hydrogen-bond donors (Lipinski definition) is 1. The molecule has 3 rings (SSSR count). The van der Waals surface area contributed by atoms with Crippen LogP contribution in [0.1, 0.15) is 28.2 Å². The number of benzene rings is 2. The molecule has 0 bridgehead atoms. The molecule has 0 radical (unpaired) electrons. The van der Waals surface area contributed by atoms with Crippen LogP contribution in [0.2, 0.25) is 0 Å². The third-order valence-corrected chi connectivity index (χ3v) is 3.87. The molecule has 0 aliphatic heterocycles. The van der Waals surface area contributed by atoms with Gasteiger partial charge < -0.3 is 14.9 Å². The zero-order chi connectivity index (χ0) is 19.2. The number of esters is 1. The number of aryl methyl sites for hydroxylation is 1. The molecule has 0 saturated carbocycles.